The maximum absolute atomic E-state index is 12.2. The van der Waals surface area contributed by atoms with Crippen molar-refractivity contribution in [2.75, 3.05) is 20.8 Å². The first-order chi connectivity index (χ1) is 11.5. The first kappa shape index (κ1) is 17.9. The number of methoxy groups -OCH3 is 2. The van der Waals surface area contributed by atoms with Crippen LogP contribution in [0.3, 0.4) is 0 Å². The van der Waals surface area contributed by atoms with Crippen LogP contribution in [0.2, 0.25) is 0 Å². The van der Waals surface area contributed by atoms with Gasteiger partial charge in [0.05, 0.1) is 32.0 Å². The summed E-state index contributed by atoms with van der Waals surface area (Å²) in [5.74, 6) is -1.59. The summed E-state index contributed by atoms with van der Waals surface area (Å²) in [7, 11) is 2.47. The van der Waals surface area contributed by atoms with E-state index in [2.05, 4.69) is 0 Å². The zero-order valence-corrected chi connectivity index (χ0v) is 13.9. The van der Waals surface area contributed by atoms with Crippen molar-refractivity contribution in [3.05, 3.63) is 35.5 Å². The molecule has 0 saturated heterocycles. The minimum Gasteiger partial charge on any atom is -0.466 e. The molecule has 0 aromatic rings. The molecule has 0 aromatic heterocycles. The van der Waals surface area contributed by atoms with Gasteiger partial charge in [-0.05, 0) is 25.5 Å². The molecule has 7 heteroatoms. The van der Waals surface area contributed by atoms with Crippen LogP contribution in [0.15, 0.2) is 35.5 Å². The molecule has 0 N–H and O–H groups in total. The fraction of sp³-hybridized carbons (Fsp3) is 0.471. The monoisotopic (exact) mass is 336 g/mol. The SMILES string of the molecule is CCOC(=O)CC/C=C/[C@@]12C=C[C@@H](O1)C(C(=O)OC)=C2C(=O)OC. The predicted molar refractivity (Wildman–Crippen MR) is 82.8 cm³/mol. The van der Waals surface area contributed by atoms with E-state index in [1.54, 1.807) is 31.2 Å². The van der Waals surface area contributed by atoms with Crippen molar-refractivity contribution in [3.63, 3.8) is 0 Å². The third-order valence-corrected chi connectivity index (χ3v) is 3.77. The highest BCUT2D eigenvalue weighted by Gasteiger charge is 2.53. The highest BCUT2D eigenvalue weighted by Crippen LogP contribution is 2.45. The smallest absolute Gasteiger partial charge is 0.338 e. The van der Waals surface area contributed by atoms with E-state index < -0.39 is 23.6 Å². The lowest BCUT2D eigenvalue weighted by atomic mass is 9.86. The van der Waals surface area contributed by atoms with Crippen LogP contribution in [0.5, 0.6) is 0 Å². The van der Waals surface area contributed by atoms with E-state index in [4.69, 9.17) is 18.9 Å². The molecular formula is C17H20O7. The summed E-state index contributed by atoms with van der Waals surface area (Å²) >= 11 is 0. The quantitative estimate of drug-likeness (QED) is 0.392. The van der Waals surface area contributed by atoms with Crippen LogP contribution >= 0.6 is 0 Å². The van der Waals surface area contributed by atoms with Crippen LogP contribution in [0, 0.1) is 0 Å². The van der Waals surface area contributed by atoms with Gasteiger partial charge in [0.1, 0.15) is 11.7 Å². The second-order valence-electron chi connectivity index (χ2n) is 5.21. The van der Waals surface area contributed by atoms with E-state index in [9.17, 15) is 14.4 Å². The number of hydrogen-bond donors (Lipinski definition) is 0. The number of carbonyl (C=O) groups excluding carboxylic acids is 3. The zero-order valence-electron chi connectivity index (χ0n) is 13.9. The van der Waals surface area contributed by atoms with E-state index in [-0.39, 0.29) is 23.5 Å². The Bertz CT molecular complexity index is 629. The van der Waals surface area contributed by atoms with Gasteiger partial charge in [0, 0.05) is 6.42 Å². The average molecular weight is 336 g/mol. The molecular weight excluding hydrogens is 316 g/mol. The predicted octanol–water partition coefficient (Wildman–Crippen LogP) is 1.24. The van der Waals surface area contributed by atoms with Crippen LogP contribution in [0.4, 0.5) is 0 Å². The summed E-state index contributed by atoms with van der Waals surface area (Å²) in [4.78, 5) is 35.5. The van der Waals surface area contributed by atoms with Crippen LogP contribution in [0.1, 0.15) is 19.8 Å². The minimum atomic E-state index is -1.17. The molecule has 7 nitrogen and oxygen atoms in total. The van der Waals surface area contributed by atoms with Gasteiger partial charge in [0.2, 0.25) is 0 Å². The molecule has 0 fully saturated rings. The van der Waals surface area contributed by atoms with Gasteiger partial charge in [-0.3, -0.25) is 4.79 Å². The maximum atomic E-state index is 12.2. The van der Waals surface area contributed by atoms with Gasteiger partial charge in [-0.2, -0.15) is 0 Å². The lowest BCUT2D eigenvalue weighted by molar-refractivity contribution is -0.143. The second kappa shape index (κ2) is 7.44. The fourth-order valence-corrected chi connectivity index (χ4v) is 2.74. The number of carbonyl (C=O) groups is 3. The summed E-state index contributed by atoms with van der Waals surface area (Å²) in [6.07, 6.45) is 6.73. The molecule has 2 rings (SSSR count). The Kier molecular flexibility index (Phi) is 5.56. The normalized spacial score (nSPS) is 24.5. The largest absolute Gasteiger partial charge is 0.466 e. The van der Waals surface area contributed by atoms with E-state index in [1.165, 1.54) is 14.2 Å². The van der Waals surface area contributed by atoms with E-state index in [1.807, 2.05) is 0 Å². The molecule has 0 saturated carbocycles. The maximum Gasteiger partial charge on any atom is 0.338 e. The molecule has 24 heavy (non-hydrogen) atoms. The number of allylic oxidation sites excluding steroid dienone is 1. The summed E-state index contributed by atoms with van der Waals surface area (Å²) in [5.41, 5.74) is -0.922. The van der Waals surface area contributed by atoms with Gasteiger partial charge in [0.25, 0.3) is 0 Å². The van der Waals surface area contributed by atoms with Crippen molar-refractivity contribution in [3.8, 4) is 0 Å². The molecule has 2 aliphatic rings. The lowest BCUT2D eigenvalue weighted by Gasteiger charge is -2.21. The number of esters is 3. The van der Waals surface area contributed by atoms with Crippen LogP contribution < -0.4 is 0 Å². The van der Waals surface area contributed by atoms with Gasteiger partial charge >= 0.3 is 17.9 Å². The zero-order chi connectivity index (χ0) is 17.7. The molecule has 0 amide bonds. The van der Waals surface area contributed by atoms with Crippen LogP contribution in [-0.4, -0.2) is 50.4 Å². The van der Waals surface area contributed by atoms with Gasteiger partial charge in [-0.25, -0.2) is 9.59 Å². The van der Waals surface area contributed by atoms with Gasteiger partial charge in [-0.1, -0.05) is 12.2 Å². The van der Waals surface area contributed by atoms with Crippen molar-refractivity contribution < 1.29 is 33.3 Å². The topological polar surface area (TPSA) is 88.1 Å². The minimum absolute atomic E-state index is 0.108. The van der Waals surface area contributed by atoms with Crippen LogP contribution in [-0.2, 0) is 33.3 Å². The number of fused-ring (bicyclic) bond motifs is 2. The summed E-state index contributed by atoms with van der Waals surface area (Å²) in [6.45, 7) is 2.07. The van der Waals surface area contributed by atoms with E-state index in [0.717, 1.165) is 0 Å². The Morgan fingerprint density at radius 1 is 1.25 bits per heavy atom. The highest BCUT2D eigenvalue weighted by atomic mass is 16.6. The Morgan fingerprint density at radius 2 is 1.96 bits per heavy atom. The molecule has 0 spiro atoms. The van der Waals surface area contributed by atoms with Crippen molar-refractivity contribution in [2.45, 2.75) is 31.5 Å². The molecule has 0 unspecified atom stereocenters. The van der Waals surface area contributed by atoms with Crippen molar-refractivity contribution in [1.29, 1.82) is 0 Å². The number of ether oxygens (including phenoxy) is 4. The second-order valence-corrected chi connectivity index (χ2v) is 5.21. The van der Waals surface area contributed by atoms with E-state index in [0.29, 0.717) is 13.0 Å². The molecule has 0 radical (unpaired) electrons. The standard InChI is InChI=1S/C17H20O7/c1-4-23-12(18)7-5-6-9-17-10-8-11(24-17)13(15(19)21-2)14(17)16(20)22-3/h6,8-11H,4-5,7H2,1-3H3/b9-6+/t11-,17+/m1/s1. The average Bonchev–Trinajstić information content (AvgIpc) is 3.14. The third kappa shape index (κ3) is 3.26. The van der Waals surface area contributed by atoms with Crippen molar-refractivity contribution in [2.24, 2.45) is 0 Å². The summed E-state index contributed by atoms with van der Waals surface area (Å²) in [5, 5.41) is 0. The van der Waals surface area contributed by atoms with Gasteiger partial charge in [0.15, 0.2) is 0 Å². The first-order valence-electron chi connectivity index (χ1n) is 7.60. The molecule has 0 aromatic carbocycles. The highest BCUT2D eigenvalue weighted by molar-refractivity contribution is 6.05. The molecule has 2 atom stereocenters. The molecule has 2 heterocycles. The molecule has 130 valence electrons. The Hall–Kier alpha value is -2.41. The fourth-order valence-electron chi connectivity index (χ4n) is 2.74. The number of hydrogen-bond acceptors (Lipinski definition) is 7. The summed E-state index contributed by atoms with van der Waals surface area (Å²) in [6, 6.07) is 0. The summed E-state index contributed by atoms with van der Waals surface area (Å²) < 4.78 is 20.2. The van der Waals surface area contributed by atoms with Crippen molar-refractivity contribution >= 4 is 17.9 Å². The van der Waals surface area contributed by atoms with Crippen LogP contribution in [0.25, 0.3) is 0 Å². The Balaban J connectivity index is 2.22. The molecule has 2 bridgehead atoms. The molecule has 2 aliphatic heterocycles. The van der Waals surface area contributed by atoms with Gasteiger partial charge in [-0.15, -0.1) is 0 Å². The van der Waals surface area contributed by atoms with E-state index >= 15 is 0 Å². The third-order valence-electron chi connectivity index (χ3n) is 3.77. The van der Waals surface area contributed by atoms with Crippen molar-refractivity contribution in [1.82, 2.24) is 0 Å². The first-order valence-corrected chi connectivity index (χ1v) is 7.60. The lowest BCUT2D eigenvalue weighted by Crippen LogP contribution is -2.30. The van der Waals surface area contributed by atoms with Gasteiger partial charge < -0.3 is 18.9 Å². The number of rotatable bonds is 7. The molecule has 0 aliphatic carbocycles. The Morgan fingerprint density at radius 3 is 2.58 bits per heavy atom. The Labute approximate surface area is 139 Å².